The molecule has 3 aromatic carbocycles. The van der Waals surface area contributed by atoms with Gasteiger partial charge in [-0.3, -0.25) is 14.7 Å². The van der Waals surface area contributed by atoms with Crippen LogP contribution in [0.3, 0.4) is 0 Å². The molecule has 0 radical (unpaired) electrons. The van der Waals surface area contributed by atoms with Crippen LogP contribution >= 0.6 is 0 Å². The fourth-order valence-electron chi connectivity index (χ4n) is 3.95. The van der Waals surface area contributed by atoms with Gasteiger partial charge < -0.3 is 20.9 Å². The SMILES string of the molecule is Nc1ccccc1NC(=O)c1ccc([C@H](c2ccccc2)N(CCO)C(=O)OCc2cccnc2)cc1. The number of amides is 2. The lowest BCUT2D eigenvalue weighted by molar-refractivity contribution is 0.0776. The van der Waals surface area contributed by atoms with Crippen LogP contribution in [0, 0.1) is 0 Å². The molecule has 0 unspecified atom stereocenters. The second-order valence-electron chi connectivity index (χ2n) is 8.31. The minimum atomic E-state index is -0.576. The molecule has 1 aromatic heterocycles. The van der Waals surface area contributed by atoms with Crippen LogP contribution in [0.5, 0.6) is 0 Å². The molecule has 4 aromatic rings. The maximum absolute atomic E-state index is 13.2. The van der Waals surface area contributed by atoms with Gasteiger partial charge in [0.2, 0.25) is 0 Å². The number of aromatic nitrogens is 1. The third kappa shape index (κ3) is 6.50. The fraction of sp³-hybridized carbons (Fsp3) is 0.138. The van der Waals surface area contributed by atoms with E-state index in [0.717, 1.165) is 16.7 Å². The Hall–Kier alpha value is -4.69. The number of aliphatic hydroxyl groups excluding tert-OH is 1. The number of pyridine rings is 1. The van der Waals surface area contributed by atoms with Crippen molar-refractivity contribution in [3.05, 3.63) is 126 Å². The molecule has 4 rings (SSSR count). The Morgan fingerprint density at radius 1 is 0.919 bits per heavy atom. The summed E-state index contributed by atoms with van der Waals surface area (Å²) in [4.78, 5) is 31.5. The summed E-state index contributed by atoms with van der Waals surface area (Å²) in [6, 6.07) is 26.5. The van der Waals surface area contributed by atoms with Crippen molar-refractivity contribution in [3.8, 4) is 0 Å². The van der Waals surface area contributed by atoms with Gasteiger partial charge in [0.25, 0.3) is 5.91 Å². The Labute approximate surface area is 215 Å². The summed E-state index contributed by atoms with van der Waals surface area (Å²) in [6.45, 7) is -0.136. The highest BCUT2D eigenvalue weighted by Gasteiger charge is 2.28. The summed E-state index contributed by atoms with van der Waals surface area (Å²) in [5.74, 6) is -0.302. The highest BCUT2D eigenvalue weighted by Crippen LogP contribution is 2.30. The van der Waals surface area contributed by atoms with E-state index in [-0.39, 0.29) is 25.7 Å². The minimum absolute atomic E-state index is 0.0534. The van der Waals surface area contributed by atoms with E-state index >= 15 is 0 Å². The van der Waals surface area contributed by atoms with Crippen molar-refractivity contribution >= 4 is 23.4 Å². The first kappa shape index (κ1) is 25.4. The predicted molar refractivity (Wildman–Crippen MR) is 142 cm³/mol. The van der Waals surface area contributed by atoms with Gasteiger partial charge in [-0.2, -0.15) is 0 Å². The molecule has 8 nitrogen and oxygen atoms in total. The largest absolute Gasteiger partial charge is 0.444 e. The Kier molecular flexibility index (Phi) is 8.46. The number of hydrogen-bond acceptors (Lipinski definition) is 6. The molecule has 37 heavy (non-hydrogen) atoms. The number of nitrogens with two attached hydrogens (primary N) is 1. The number of nitrogens with one attached hydrogen (secondary N) is 1. The second kappa shape index (κ2) is 12.3. The van der Waals surface area contributed by atoms with Crippen molar-refractivity contribution in [3.63, 3.8) is 0 Å². The lowest BCUT2D eigenvalue weighted by atomic mass is 9.96. The Bertz CT molecular complexity index is 1310. The highest BCUT2D eigenvalue weighted by molar-refractivity contribution is 6.05. The standard InChI is InChI=1S/C29H28N4O4/c30-25-10-4-5-11-26(25)32-28(35)24-14-12-23(13-15-24)27(22-8-2-1-3-9-22)33(17-18-34)29(36)37-20-21-7-6-16-31-19-21/h1-16,19,27,34H,17-18,20,30H2,(H,32,35)/t27-/m0/s1. The molecule has 0 aliphatic heterocycles. The third-order valence-electron chi connectivity index (χ3n) is 5.79. The van der Waals surface area contributed by atoms with Gasteiger partial charge in [-0.15, -0.1) is 0 Å². The van der Waals surface area contributed by atoms with E-state index in [1.54, 1.807) is 67.0 Å². The normalized spacial score (nSPS) is 11.4. The van der Waals surface area contributed by atoms with Crippen molar-refractivity contribution in [2.24, 2.45) is 0 Å². The van der Waals surface area contributed by atoms with E-state index in [9.17, 15) is 14.7 Å². The van der Waals surface area contributed by atoms with E-state index in [1.807, 2.05) is 36.4 Å². The number of rotatable bonds is 9. The molecule has 0 aliphatic rings. The number of carbonyl (C=O) groups is 2. The molecule has 2 amide bonds. The topological polar surface area (TPSA) is 118 Å². The van der Waals surface area contributed by atoms with Crippen LogP contribution < -0.4 is 11.1 Å². The lowest BCUT2D eigenvalue weighted by Gasteiger charge is -2.31. The highest BCUT2D eigenvalue weighted by atomic mass is 16.6. The fourth-order valence-corrected chi connectivity index (χ4v) is 3.95. The first-order valence-corrected chi connectivity index (χ1v) is 11.8. The van der Waals surface area contributed by atoms with Gasteiger partial charge in [-0.05, 0) is 41.5 Å². The zero-order valence-corrected chi connectivity index (χ0v) is 20.2. The first-order chi connectivity index (χ1) is 18.1. The maximum Gasteiger partial charge on any atom is 0.410 e. The molecular weight excluding hydrogens is 468 g/mol. The smallest absolute Gasteiger partial charge is 0.410 e. The third-order valence-corrected chi connectivity index (χ3v) is 5.79. The number of anilines is 2. The van der Waals surface area contributed by atoms with Gasteiger partial charge in [0.05, 0.1) is 24.0 Å². The molecule has 0 saturated heterocycles. The molecule has 0 spiro atoms. The molecule has 8 heteroatoms. The summed E-state index contributed by atoms with van der Waals surface area (Å²) < 4.78 is 5.57. The summed E-state index contributed by atoms with van der Waals surface area (Å²) in [7, 11) is 0. The molecule has 4 N–H and O–H groups in total. The van der Waals surface area contributed by atoms with Crippen molar-refractivity contribution in [1.82, 2.24) is 9.88 Å². The number of nitrogen functional groups attached to an aromatic ring is 1. The number of nitrogens with zero attached hydrogens (tertiary/aromatic N) is 2. The van der Waals surface area contributed by atoms with E-state index in [2.05, 4.69) is 10.3 Å². The Morgan fingerprint density at radius 2 is 1.62 bits per heavy atom. The molecule has 0 saturated carbocycles. The van der Waals surface area contributed by atoms with Crippen molar-refractivity contribution in [2.75, 3.05) is 24.2 Å². The first-order valence-electron chi connectivity index (χ1n) is 11.8. The van der Waals surface area contributed by atoms with Crippen LogP contribution in [-0.2, 0) is 11.3 Å². The number of benzene rings is 3. The van der Waals surface area contributed by atoms with Crippen LogP contribution in [0.4, 0.5) is 16.2 Å². The van der Waals surface area contributed by atoms with Gasteiger partial charge in [0, 0.05) is 30.1 Å². The van der Waals surface area contributed by atoms with Gasteiger partial charge in [-0.25, -0.2) is 4.79 Å². The van der Waals surface area contributed by atoms with Crippen LogP contribution in [0.25, 0.3) is 0 Å². The summed E-state index contributed by atoms with van der Waals surface area (Å²) >= 11 is 0. The second-order valence-corrected chi connectivity index (χ2v) is 8.31. The molecule has 1 atom stereocenters. The van der Waals surface area contributed by atoms with Crippen LogP contribution in [0.1, 0.15) is 33.1 Å². The quantitative estimate of drug-likeness (QED) is 0.291. The maximum atomic E-state index is 13.2. The summed E-state index contributed by atoms with van der Waals surface area (Å²) in [5.41, 5.74) is 9.73. The molecule has 0 aliphatic carbocycles. The van der Waals surface area contributed by atoms with Gasteiger partial charge >= 0.3 is 6.09 Å². The average Bonchev–Trinajstić information content (AvgIpc) is 2.94. The van der Waals surface area contributed by atoms with Crippen molar-refractivity contribution in [1.29, 1.82) is 0 Å². The Balaban J connectivity index is 1.59. The van der Waals surface area contributed by atoms with Crippen molar-refractivity contribution < 1.29 is 19.4 Å². The van der Waals surface area contributed by atoms with E-state index in [0.29, 0.717) is 16.9 Å². The summed E-state index contributed by atoms with van der Waals surface area (Å²) in [6.07, 6.45) is 2.70. The van der Waals surface area contributed by atoms with Gasteiger partial charge in [0.15, 0.2) is 0 Å². The zero-order valence-electron chi connectivity index (χ0n) is 20.2. The van der Waals surface area contributed by atoms with E-state index in [4.69, 9.17) is 10.5 Å². The summed E-state index contributed by atoms with van der Waals surface area (Å²) in [5, 5.41) is 12.6. The predicted octanol–water partition coefficient (Wildman–Crippen LogP) is 4.64. The van der Waals surface area contributed by atoms with Crippen LogP contribution in [0.15, 0.2) is 103 Å². The lowest BCUT2D eigenvalue weighted by Crippen LogP contribution is -2.38. The number of aliphatic hydroxyl groups is 1. The zero-order chi connectivity index (χ0) is 26.0. The van der Waals surface area contributed by atoms with E-state index < -0.39 is 12.1 Å². The molecule has 0 fully saturated rings. The number of para-hydroxylation sites is 2. The average molecular weight is 497 g/mol. The van der Waals surface area contributed by atoms with Crippen LogP contribution in [-0.4, -0.2) is 40.1 Å². The molecular formula is C29H28N4O4. The van der Waals surface area contributed by atoms with E-state index in [1.165, 1.54) is 4.90 Å². The number of hydrogen-bond donors (Lipinski definition) is 3. The molecule has 0 bridgehead atoms. The monoisotopic (exact) mass is 496 g/mol. The van der Waals surface area contributed by atoms with Crippen LogP contribution in [0.2, 0.25) is 0 Å². The van der Waals surface area contributed by atoms with Gasteiger partial charge in [0.1, 0.15) is 6.61 Å². The Morgan fingerprint density at radius 3 is 2.30 bits per heavy atom. The van der Waals surface area contributed by atoms with Crippen molar-refractivity contribution in [2.45, 2.75) is 12.6 Å². The molecule has 188 valence electrons. The number of carbonyl (C=O) groups excluding carboxylic acids is 2. The van der Waals surface area contributed by atoms with Gasteiger partial charge in [-0.1, -0.05) is 60.7 Å². The molecule has 1 heterocycles. The number of ether oxygens (including phenoxy) is 1. The minimum Gasteiger partial charge on any atom is -0.444 e.